The van der Waals surface area contributed by atoms with E-state index in [0.717, 1.165) is 18.2 Å². The van der Waals surface area contributed by atoms with E-state index in [1.807, 2.05) is 0 Å². The molecule has 0 aliphatic carbocycles. The highest BCUT2D eigenvalue weighted by Gasteiger charge is 2.16. The summed E-state index contributed by atoms with van der Waals surface area (Å²) in [6.07, 6.45) is 0. The molecule has 0 aliphatic rings. The average molecular weight is 233 g/mol. The minimum Gasteiger partial charge on any atom is -0.768 e. The summed E-state index contributed by atoms with van der Waals surface area (Å²) in [4.78, 5) is 9.00. The van der Waals surface area contributed by atoms with E-state index in [1.54, 1.807) is 0 Å². The first-order valence-electron chi connectivity index (χ1n) is 3.49. The van der Waals surface area contributed by atoms with Crippen molar-refractivity contribution in [3.63, 3.8) is 0 Å². The molecule has 0 radical (unpaired) electrons. The summed E-state index contributed by atoms with van der Waals surface area (Å²) in [5.74, 6) is 0. The number of rotatable bonds is 3. The van der Waals surface area contributed by atoms with Crippen molar-refractivity contribution in [2.45, 2.75) is 4.90 Å². The third-order valence-electron chi connectivity index (χ3n) is 1.55. The Bertz CT molecular complexity index is 420. The molecule has 1 unspecified atom stereocenters. The molecule has 1 aromatic rings. The maximum atomic E-state index is 10.6. The third kappa shape index (κ3) is 2.47. The van der Waals surface area contributed by atoms with Gasteiger partial charge in [0.05, 0.1) is 4.92 Å². The van der Waals surface area contributed by atoms with E-state index in [9.17, 15) is 18.9 Å². The molecule has 1 atom stereocenters. The molecule has 0 aromatic heterocycles. The van der Waals surface area contributed by atoms with Gasteiger partial charge in [-0.1, -0.05) is 0 Å². The van der Waals surface area contributed by atoms with Crippen LogP contribution < -0.4 is 5.23 Å². The molecule has 0 saturated carbocycles. The fourth-order valence-corrected chi connectivity index (χ4v) is 1.40. The molecule has 15 heavy (non-hydrogen) atoms. The van der Waals surface area contributed by atoms with Gasteiger partial charge in [-0.15, -0.1) is 5.23 Å². The van der Waals surface area contributed by atoms with Gasteiger partial charge in [-0.05, 0) is 23.2 Å². The van der Waals surface area contributed by atoms with Crippen LogP contribution in [0.1, 0.15) is 0 Å². The van der Waals surface area contributed by atoms with Crippen LogP contribution in [0.4, 0.5) is 11.4 Å². The molecule has 9 heteroatoms. The zero-order valence-corrected chi connectivity index (χ0v) is 7.88. The highest BCUT2D eigenvalue weighted by molar-refractivity contribution is 7.79. The van der Waals surface area contributed by atoms with Crippen LogP contribution in [-0.2, 0) is 11.1 Å². The zero-order valence-electron chi connectivity index (χ0n) is 7.06. The Labute approximate surface area is 85.7 Å². The van der Waals surface area contributed by atoms with E-state index < -0.39 is 26.6 Å². The van der Waals surface area contributed by atoms with E-state index in [4.69, 9.17) is 10.4 Å². The third-order valence-corrected chi connectivity index (χ3v) is 2.25. The van der Waals surface area contributed by atoms with Crippen LogP contribution in [0, 0.1) is 10.1 Å². The van der Waals surface area contributed by atoms with Gasteiger partial charge < -0.3 is 4.55 Å². The van der Waals surface area contributed by atoms with Crippen molar-refractivity contribution in [1.82, 2.24) is 0 Å². The topological polar surface area (TPSA) is 127 Å². The average Bonchev–Trinajstić information content (AvgIpc) is 2.16. The van der Waals surface area contributed by atoms with Gasteiger partial charge in [0, 0.05) is 6.07 Å². The summed E-state index contributed by atoms with van der Waals surface area (Å²) in [5, 5.41) is 27.3. The number of hydrogen-bond acceptors (Lipinski definition) is 7. The summed E-state index contributed by atoms with van der Waals surface area (Å²) in [7, 11) is 0. The highest BCUT2D eigenvalue weighted by Crippen LogP contribution is 2.26. The zero-order chi connectivity index (χ0) is 11.6. The lowest BCUT2D eigenvalue weighted by molar-refractivity contribution is -0.387. The van der Waals surface area contributed by atoms with E-state index in [0.29, 0.717) is 0 Å². The van der Waals surface area contributed by atoms with Gasteiger partial charge in [-0.2, -0.15) is 0 Å². The van der Waals surface area contributed by atoms with Crippen LogP contribution in [-0.4, -0.2) is 24.1 Å². The van der Waals surface area contributed by atoms with Crippen molar-refractivity contribution in [3.8, 4) is 0 Å². The Morgan fingerprint density at radius 3 is 2.40 bits per heavy atom. The van der Waals surface area contributed by atoms with Crippen LogP contribution in [0.2, 0.25) is 0 Å². The fraction of sp³-hybridized carbons (Fsp3) is 0. The lowest BCUT2D eigenvalue weighted by Crippen LogP contribution is -2.11. The largest absolute Gasteiger partial charge is 0.768 e. The van der Waals surface area contributed by atoms with Gasteiger partial charge in [0.1, 0.15) is 10.6 Å². The van der Waals surface area contributed by atoms with E-state index >= 15 is 0 Å². The molecule has 0 heterocycles. The van der Waals surface area contributed by atoms with Crippen molar-refractivity contribution < 1.29 is 24.1 Å². The van der Waals surface area contributed by atoms with Crippen LogP contribution >= 0.6 is 0 Å². The summed E-state index contributed by atoms with van der Waals surface area (Å²) in [6.45, 7) is 0. The first-order chi connectivity index (χ1) is 6.93. The number of nitro benzene ring substituents is 1. The van der Waals surface area contributed by atoms with Crippen LogP contribution in [0.25, 0.3) is 0 Å². The Morgan fingerprint density at radius 1 is 1.40 bits per heavy atom. The van der Waals surface area contributed by atoms with E-state index in [1.165, 1.54) is 0 Å². The number of nitrogens with zero attached hydrogens (tertiary/aromatic N) is 2. The SMILES string of the molecule is O=[N+]([O-])c1cc(N(O)O)ccc1S(=O)[O-]. The lowest BCUT2D eigenvalue weighted by Gasteiger charge is -2.10. The van der Waals surface area contributed by atoms with Crippen LogP contribution in [0.5, 0.6) is 0 Å². The standard InChI is InChI=1S/C6H6N2O6S/c9-7(10)4-1-2-6(15(13)14)5(3-4)8(11)12/h1-3,9-10H,(H,13,14)/p-1. The molecule has 8 nitrogen and oxygen atoms in total. The summed E-state index contributed by atoms with van der Waals surface area (Å²) in [6, 6.07) is 2.64. The van der Waals surface area contributed by atoms with Gasteiger partial charge >= 0.3 is 0 Å². The first kappa shape index (κ1) is 11.5. The Kier molecular flexibility index (Phi) is 3.31. The molecular formula is C6H5N2O6S-. The number of nitro groups is 1. The molecule has 0 spiro atoms. The van der Waals surface area contributed by atoms with Crippen molar-refractivity contribution in [1.29, 1.82) is 0 Å². The second kappa shape index (κ2) is 4.31. The molecule has 0 saturated heterocycles. The Morgan fingerprint density at radius 2 is 2.00 bits per heavy atom. The molecule has 2 N–H and O–H groups in total. The molecular weight excluding hydrogens is 228 g/mol. The number of benzene rings is 1. The second-order valence-corrected chi connectivity index (χ2v) is 3.34. The molecule has 1 rings (SSSR count). The van der Waals surface area contributed by atoms with Crippen molar-refractivity contribution in [3.05, 3.63) is 28.3 Å². The minimum atomic E-state index is -2.76. The van der Waals surface area contributed by atoms with E-state index in [2.05, 4.69) is 0 Å². The summed E-state index contributed by atoms with van der Waals surface area (Å²) < 4.78 is 21.1. The highest BCUT2D eigenvalue weighted by atomic mass is 32.2. The molecule has 1 aromatic carbocycles. The monoisotopic (exact) mass is 233 g/mol. The maximum absolute atomic E-state index is 10.6. The predicted octanol–water partition coefficient (Wildman–Crippen LogP) is 0.418. The second-order valence-electron chi connectivity index (χ2n) is 2.43. The number of anilines is 1. The fourth-order valence-electron chi connectivity index (χ4n) is 0.914. The predicted molar refractivity (Wildman–Crippen MR) is 46.3 cm³/mol. The lowest BCUT2D eigenvalue weighted by atomic mass is 10.3. The van der Waals surface area contributed by atoms with Gasteiger partial charge in [0.25, 0.3) is 5.69 Å². The molecule has 0 amide bonds. The smallest absolute Gasteiger partial charge is 0.286 e. The molecule has 0 aliphatic heterocycles. The quantitative estimate of drug-likeness (QED) is 0.439. The Hall–Kier alpha value is -1.55. The van der Waals surface area contributed by atoms with Gasteiger partial charge in [-0.25, -0.2) is 0 Å². The molecule has 0 fully saturated rings. The van der Waals surface area contributed by atoms with Crippen LogP contribution in [0.3, 0.4) is 0 Å². The van der Waals surface area contributed by atoms with E-state index in [-0.39, 0.29) is 10.9 Å². The Balaban J connectivity index is 3.33. The summed E-state index contributed by atoms with van der Waals surface area (Å²) >= 11 is -2.76. The van der Waals surface area contributed by atoms with Crippen LogP contribution in [0.15, 0.2) is 23.1 Å². The van der Waals surface area contributed by atoms with Crippen molar-refractivity contribution in [2.24, 2.45) is 0 Å². The minimum absolute atomic E-state index is 0.309. The normalized spacial score (nSPS) is 12.2. The van der Waals surface area contributed by atoms with Crippen molar-refractivity contribution >= 4 is 22.5 Å². The van der Waals surface area contributed by atoms with Gasteiger partial charge in [0.2, 0.25) is 0 Å². The van der Waals surface area contributed by atoms with Gasteiger partial charge in [0.15, 0.2) is 0 Å². The molecule has 82 valence electrons. The first-order valence-corrected chi connectivity index (χ1v) is 4.56. The van der Waals surface area contributed by atoms with Crippen molar-refractivity contribution in [2.75, 3.05) is 5.23 Å². The maximum Gasteiger partial charge on any atom is 0.286 e. The summed E-state index contributed by atoms with van der Waals surface area (Å²) in [5.41, 5.74) is -1.04. The number of hydrogen-bond donors (Lipinski definition) is 2. The van der Waals surface area contributed by atoms with Gasteiger partial charge in [-0.3, -0.25) is 24.7 Å². The molecule has 0 bridgehead atoms.